The molecule has 23 heavy (non-hydrogen) atoms. The van der Waals surface area contributed by atoms with E-state index in [2.05, 4.69) is 23.6 Å². The minimum atomic E-state index is -0.901. The smallest absolute Gasteiger partial charge is 0.335 e. The van der Waals surface area contributed by atoms with E-state index in [1.165, 1.54) is 0 Å². The molecule has 0 bridgehead atoms. The van der Waals surface area contributed by atoms with Crippen LogP contribution in [0.4, 0.5) is 0 Å². The molecule has 0 amide bonds. The fourth-order valence-corrected chi connectivity index (χ4v) is 3.16. The molecule has 4 nitrogen and oxygen atoms in total. The molecule has 1 unspecified atom stereocenters. The van der Waals surface area contributed by atoms with Gasteiger partial charge in [0.25, 0.3) is 0 Å². The van der Waals surface area contributed by atoms with E-state index in [1.54, 1.807) is 12.1 Å². The Hall–Kier alpha value is -2.33. The van der Waals surface area contributed by atoms with Crippen LogP contribution in [-0.2, 0) is 4.74 Å². The molecule has 0 aliphatic heterocycles. The molecule has 0 spiro atoms. The fraction of sp³-hybridized carbons (Fsp3) is 0.316. The number of carbonyl (C=O) groups is 1. The lowest BCUT2D eigenvalue weighted by Gasteiger charge is -2.20. The van der Waals surface area contributed by atoms with Gasteiger partial charge in [-0.3, -0.25) is 0 Å². The van der Waals surface area contributed by atoms with Crippen LogP contribution in [0.25, 0.3) is 21.8 Å². The lowest BCUT2D eigenvalue weighted by Crippen LogP contribution is -2.14. The SMILES string of the molecule is CCOCC(CC)n1c2ccccc2c2ccc(C(=O)O)cc21. The van der Waals surface area contributed by atoms with Crippen molar-refractivity contribution >= 4 is 27.8 Å². The number of carboxylic acids is 1. The van der Waals surface area contributed by atoms with E-state index in [4.69, 9.17) is 4.74 Å². The third-order valence-corrected chi connectivity index (χ3v) is 4.31. The highest BCUT2D eigenvalue weighted by atomic mass is 16.5. The zero-order chi connectivity index (χ0) is 16.4. The van der Waals surface area contributed by atoms with Crippen molar-refractivity contribution in [1.82, 2.24) is 4.57 Å². The summed E-state index contributed by atoms with van der Waals surface area (Å²) in [5, 5.41) is 11.5. The van der Waals surface area contributed by atoms with Gasteiger partial charge in [-0.2, -0.15) is 0 Å². The first-order valence-corrected chi connectivity index (χ1v) is 8.01. The predicted octanol–water partition coefficient (Wildman–Crippen LogP) is 4.48. The van der Waals surface area contributed by atoms with Crippen molar-refractivity contribution in [1.29, 1.82) is 0 Å². The number of ether oxygens (including phenoxy) is 1. The predicted molar refractivity (Wildman–Crippen MR) is 92.2 cm³/mol. The molecule has 0 aliphatic rings. The average Bonchev–Trinajstić information content (AvgIpc) is 2.90. The highest BCUT2D eigenvalue weighted by molar-refractivity contribution is 6.09. The van der Waals surface area contributed by atoms with Crippen molar-refractivity contribution in [2.75, 3.05) is 13.2 Å². The molecular weight excluding hydrogens is 290 g/mol. The largest absolute Gasteiger partial charge is 0.478 e. The van der Waals surface area contributed by atoms with Crippen LogP contribution in [0.2, 0.25) is 0 Å². The fourth-order valence-electron chi connectivity index (χ4n) is 3.16. The number of para-hydroxylation sites is 1. The molecule has 4 heteroatoms. The normalized spacial score (nSPS) is 12.8. The minimum absolute atomic E-state index is 0.182. The summed E-state index contributed by atoms with van der Waals surface area (Å²) in [6, 6.07) is 13.7. The Morgan fingerprint density at radius 2 is 1.87 bits per heavy atom. The Bertz CT molecular complexity index is 850. The van der Waals surface area contributed by atoms with Crippen molar-refractivity contribution in [3.05, 3.63) is 48.0 Å². The van der Waals surface area contributed by atoms with Gasteiger partial charge in [0.2, 0.25) is 0 Å². The average molecular weight is 311 g/mol. The van der Waals surface area contributed by atoms with Gasteiger partial charge in [-0.1, -0.05) is 31.2 Å². The Morgan fingerprint density at radius 3 is 2.57 bits per heavy atom. The van der Waals surface area contributed by atoms with Crippen LogP contribution in [0.3, 0.4) is 0 Å². The number of aromatic carboxylic acids is 1. The first-order chi connectivity index (χ1) is 11.2. The molecule has 1 N–H and O–H groups in total. The van der Waals surface area contributed by atoms with Crippen molar-refractivity contribution in [3.8, 4) is 0 Å². The number of hydrogen-bond donors (Lipinski definition) is 1. The maximum atomic E-state index is 11.3. The third-order valence-electron chi connectivity index (χ3n) is 4.31. The van der Waals surface area contributed by atoms with Gasteiger partial charge in [0.15, 0.2) is 0 Å². The highest BCUT2D eigenvalue weighted by Gasteiger charge is 2.18. The molecule has 0 saturated heterocycles. The number of aromatic nitrogens is 1. The highest BCUT2D eigenvalue weighted by Crippen LogP contribution is 2.33. The van der Waals surface area contributed by atoms with Gasteiger partial charge in [0.05, 0.1) is 23.7 Å². The summed E-state index contributed by atoms with van der Waals surface area (Å²) in [5.74, 6) is -0.901. The van der Waals surface area contributed by atoms with E-state index in [9.17, 15) is 9.90 Å². The van der Waals surface area contributed by atoms with Gasteiger partial charge in [0, 0.05) is 22.9 Å². The maximum Gasteiger partial charge on any atom is 0.335 e. The number of nitrogens with zero attached hydrogens (tertiary/aromatic N) is 1. The van der Waals surface area contributed by atoms with E-state index < -0.39 is 5.97 Å². The number of carboxylic acid groups (broad SMARTS) is 1. The zero-order valence-electron chi connectivity index (χ0n) is 13.5. The molecule has 3 rings (SSSR count). The summed E-state index contributed by atoms with van der Waals surface area (Å²) in [7, 11) is 0. The van der Waals surface area contributed by atoms with Gasteiger partial charge < -0.3 is 14.4 Å². The summed E-state index contributed by atoms with van der Waals surface area (Å²) < 4.78 is 7.88. The molecule has 120 valence electrons. The van der Waals surface area contributed by atoms with Crippen molar-refractivity contribution in [2.24, 2.45) is 0 Å². The first-order valence-electron chi connectivity index (χ1n) is 8.01. The van der Waals surface area contributed by atoms with E-state index in [1.807, 2.05) is 25.1 Å². The molecule has 0 aliphatic carbocycles. The lowest BCUT2D eigenvalue weighted by molar-refractivity contribution is 0.0697. The summed E-state index contributed by atoms with van der Waals surface area (Å²) in [6.45, 7) is 5.42. The van der Waals surface area contributed by atoms with Crippen LogP contribution in [0.5, 0.6) is 0 Å². The Kier molecular flexibility index (Phi) is 4.35. The monoisotopic (exact) mass is 311 g/mol. The topological polar surface area (TPSA) is 51.5 Å². The Morgan fingerprint density at radius 1 is 1.13 bits per heavy atom. The second kappa shape index (κ2) is 6.42. The standard InChI is InChI=1S/C19H21NO3/c1-3-14(12-23-4-2)20-17-8-6-5-7-15(17)16-10-9-13(19(21)22)11-18(16)20/h5-11,14H,3-4,12H2,1-2H3,(H,21,22). The van der Waals surface area contributed by atoms with Gasteiger partial charge in [-0.05, 0) is 31.5 Å². The van der Waals surface area contributed by atoms with Crippen LogP contribution in [-0.4, -0.2) is 28.9 Å². The van der Waals surface area contributed by atoms with Crippen LogP contribution in [0, 0.1) is 0 Å². The van der Waals surface area contributed by atoms with Crippen LogP contribution in [0.15, 0.2) is 42.5 Å². The molecule has 1 heterocycles. The first kappa shape index (κ1) is 15.6. The molecule has 0 fully saturated rings. The van der Waals surface area contributed by atoms with E-state index in [-0.39, 0.29) is 6.04 Å². The van der Waals surface area contributed by atoms with Crippen molar-refractivity contribution in [3.63, 3.8) is 0 Å². The van der Waals surface area contributed by atoms with Gasteiger partial charge >= 0.3 is 5.97 Å². The maximum absolute atomic E-state index is 11.3. The van der Waals surface area contributed by atoms with Gasteiger partial charge in [-0.15, -0.1) is 0 Å². The summed E-state index contributed by atoms with van der Waals surface area (Å²) in [5.41, 5.74) is 2.39. The number of benzene rings is 2. The number of fused-ring (bicyclic) bond motifs is 3. The van der Waals surface area contributed by atoms with E-state index in [0.29, 0.717) is 18.8 Å². The van der Waals surface area contributed by atoms with Crippen LogP contribution >= 0.6 is 0 Å². The van der Waals surface area contributed by atoms with E-state index >= 15 is 0 Å². The van der Waals surface area contributed by atoms with Crippen molar-refractivity contribution in [2.45, 2.75) is 26.3 Å². The summed E-state index contributed by atoms with van der Waals surface area (Å²) in [4.78, 5) is 11.3. The minimum Gasteiger partial charge on any atom is -0.478 e. The second-order valence-electron chi connectivity index (χ2n) is 5.65. The van der Waals surface area contributed by atoms with Gasteiger partial charge in [-0.25, -0.2) is 4.79 Å². The van der Waals surface area contributed by atoms with Gasteiger partial charge in [0.1, 0.15) is 0 Å². The quantitative estimate of drug-likeness (QED) is 0.730. The number of hydrogen-bond acceptors (Lipinski definition) is 2. The van der Waals surface area contributed by atoms with E-state index in [0.717, 1.165) is 28.2 Å². The summed E-state index contributed by atoms with van der Waals surface area (Å²) >= 11 is 0. The molecule has 1 aromatic heterocycles. The molecule has 1 atom stereocenters. The Labute approximate surface area is 135 Å². The molecule has 3 aromatic rings. The molecule has 0 radical (unpaired) electrons. The molecule has 2 aromatic carbocycles. The third kappa shape index (κ3) is 2.70. The van der Waals surface area contributed by atoms with Crippen LogP contribution < -0.4 is 0 Å². The second-order valence-corrected chi connectivity index (χ2v) is 5.65. The lowest BCUT2D eigenvalue weighted by atomic mass is 10.1. The summed E-state index contributed by atoms with van der Waals surface area (Å²) in [6.07, 6.45) is 0.922. The van der Waals surface area contributed by atoms with Crippen molar-refractivity contribution < 1.29 is 14.6 Å². The Balaban J connectivity index is 2.29. The van der Waals surface area contributed by atoms with Crippen LogP contribution in [0.1, 0.15) is 36.7 Å². The molecule has 0 saturated carbocycles. The zero-order valence-corrected chi connectivity index (χ0v) is 13.5. The molecular formula is C19H21NO3. The number of rotatable bonds is 6.